The molecule has 0 fully saturated rings. The lowest BCUT2D eigenvalue weighted by atomic mass is 10.3. The molecule has 0 aliphatic carbocycles. The fraction of sp³-hybridized carbons (Fsp3) is 0.500. The van der Waals surface area contributed by atoms with Crippen molar-refractivity contribution < 1.29 is 14.0 Å². The molecule has 1 aromatic carbocycles. The molecule has 0 aliphatic heterocycles. The van der Waals surface area contributed by atoms with Crippen molar-refractivity contribution in [2.24, 2.45) is 4.99 Å². The zero-order chi connectivity index (χ0) is 19.6. The van der Waals surface area contributed by atoms with E-state index in [1.807, 2.05) is 37.9 Å². The van der Waals surface area contributed by atoms with Gasteiger partial charge in [-0.3, -0.25) is 4.99 Å². The standard InChI is InChI=1S/C18H26ClN5O3.HI/c1-5-25-13(2)17-22-16(27-23-17)12-21-18(20-3)24(4)10-11-26-15-8-6-14(19)7-9-15;/h6-9,13H,5,10-12H2,1-4H3,(H,20,21);1H. The van der Waals surface area contributed by atoms with Crippen molar-refractivity contribution in [1.82, 2.24) is 20.4 Å². The van der Waals surface area contributed by atoms with E-state index in [0.717, 1.165) is 5.75 Å². The zero-order valence-electron chi connectivity index (χ0n) is 16.5. The highest BCUT2D eigenvalue weighted by molar-refractivity contribution is 14.0. The van der Waals surface area contributed by atoms with E-state index in [-0.39, 0.29) is 30.1 Å². The fourth-order valence-corrected chi connectivity index (χ4v) is 2.43. The number of aromatic nitrogens is 2. The number of ether oxygens (including phenoxy) is 2. The van der Waals surface area contributed by atoms with E-state index in [1.165, 1.54) is 0 Å². The Morgan fingerprint density at radius 2 is 2.07 bits per heavy atom. The first kappa shape index (κ1) is 24.4. The van der Waals surface area contributed by atoms with Crippen LogP contribution < -0.4 is 10.1 Å². The Hall–Kier alpha value is -1.59. The van der Waals surface area contributed by atoms with E-state index in [1.54, 1.807) is 19.2 Å². The van der Waals surface area contributed by atoms with Crippen LogP contribution in [0.3, 0.4) is 0 Å². The normalized spacial score (nSPS) is 12.2. The van der Waals surface area contributed by atoms with Gasteiger partial charge in [-0.25, -0.2) is 0 Å². The molecule has 1 unspecified atom stereocenters. The lowest BCUT2D eigenvalue weighted by molar-refractivity contribution is 0.0683. The number of hydrogen-bond donors (Lipinski definition) is 1. The van der Waals surface area contributed by atoms with Crippen LogP contribution in [0.15, 0.2) is 33.8 Å². The van der Waals surface area contributed by atoms with E-state index in [9.17, 15) is 0 Å². The number of guanidine groups is 1. The quantitative estimate of drug-likeness (QED) is 0.306. The summed E-state index contributed by atoms with van der Waals surface area (Å²) in [5.74, 6) is 2.49. The van der Waals surface area contributed by atoms with Gasteiger partial charge in [0, 0.05) is 25.7 Å². The summed E-state index contributed by atoms with van der Waals surface area (Å²) >= 11 is 5.86. The third kappa shape index (κ3) is 7.80. The van der Waals surface area contributed by atoms with Crippen molar-refractivity contribution in [1.29, 1.82) is 0 Å². The first-order valence-corrected chi connectivity index (χ1v) is 9.15. The summed E-state index contributed by atoms with van der Waals surface area (Å²) in [5, 5.41) is 7.81. The second-order valence-electron chi connectivity index (χ2n) is 5.77. The van der Waals surface area contributed by atoms with Crippen molar-refractivity contribution in [3.05, 3.63) is 41.0 Å². The maximum Gasteiger partial charge on any atom is 0.246 e. The van der Waals surface area contributed by atoms with Gasteiger partial charge in [-0.15, -0.1) is 24.0 Å². The monoisotopic (exact) mass is 523 g/mol. The average Bonchev–Trinajstić information content (AvgIpc) is 3.13. The average molecular weight is 524 g/mol. The lowest BCUT2D eigenvalue weighted by Crippen LogP contribution is -2.40. The van der Waals surface area contributed by atoms with Gasteiger partial charge in [0.2, 0.25) is 5.89 Å². The molecule has 1 heterocycles. The highest BCUT2D eigenvalue weighted by Crippen LogP contribution is 2.15. The summed E-state index contributed by atoms with van der Waals surface area (Å²) in [7, 11) is 3.65. The van der Waals surface area contributed by atoms with Crippen molar-refractivity contribution >= 4 is 41.5 Å². The number of aliphatic imine (C=N–C) groups is 1. The smallest absolute Gasteiger partial charge is 0.246 e. The minimum Gasteiger partial charge on any atom is -0.492 e. The Balaban J connectivity index is 0.00000392. The summed E-state index contributed by atoms with van der Waals surface area (Å²) < 4.78 is 16.4. The molecule has 0 radical (unpaired) electrons. The number of halogens is 2. The number of nitrogens with zero attached hydrogens (tertiary/aromatic N) is 4. The van der Waals surface area contributed by atoms with Gasteiger partial charge in [-0.05, 0) is 38.1 Å². The van der Waals surface area contributed by atoms with Crippen molar-refractivity contribution in [3.63, 3.8) is 0 Å². The van der Waals surface area contributed by atoms with E-state index < -0.39 is 0 Å². The highest BCUT2D eigenvalue weighted by atomic mass is 127. The van der Waals surface area contributed by atoms with Gasteiger partial charge in [-0.1, -0.05) is 16.8 Å². The summed E-state index contributed by atoms with van der Waals surface area (Å²) in [4.78, 5) is 10.5. The van der Waals surface area contributed by atoms with Gasteiger partial charge in [0.15, 0.2) is 11.8 Å². The van der Waals surface area contributed by atoms with Crippen LogP contribution in [0.5, 0.6) is 5.75 Å². The first-order valence-electron chi connectivity index (χ1n) is 8.77. The van der Waals surface area contributed by atoms with Crippen LogP contribution >= 0.6 is 35.6 Å². The second kappa shape index (κ2) is 12.8. The number of rotatable bonds is 9. The molecule has 1 atom stereocenters. The molecule has 2 rings (SSSR count). The fourth-order valence-electron chi connectivity index (χ4n) is 2.31. The van der Waals surface area contributed by atoms with Crippen LogP contribution in [0.1, 0.15) is 31.7 Å². The van der Waals surface area contributed by atoms with Gasteiger partial charge in [-0.2, -0.15) is 4.98 Å². The molecular weight excluding hydrogens is 497 g/mol. The maximum atomic E-state index is 5.86. The van der Waals surface area contributed by atoms with Gasteiger partial charge in [0.25, 0.3) is 0 Å². The Morgan fingerprint density at radius 1 is 1.36 bits per heavy atom. The van der Waals surface area contributed by atoms with Crippen LogP contribution in [0.2, 0.25) is 5.02 Å². The van der Waals surface area contributed by atoms with E-state index in [4.69, 9.17) is 25.6 Å². The number of hydrogen-bond acceptors (Lipinski definition) is 6. The molecule has 0 amide bonds. The summed E-state index contributed by atoms with van der Waals surface area (Å²) in [6.45, 7) is 5.95. The van der Waals surface area contributed by atoms with Crippen LogP contribution in [0, 0.1) is 0 Å². The van der Waals surface area contributed by atoms with Crippen LogP contribution in [0.4, 0.5) is 0 Å². The van der Waals surface area contributed by atoms with E-state index >= 15 is 0 Å². The first-order chi connectivity index (χ1) is 13.0. The third-order valence-corrected chi connectivity index (χ3v) is 4.00. The maximum absolute atomic E-state index is 5.86. The van der Waals surface area contributed by atoms with Crippen LogP contribution in [-0.2, 0) is 11.3 Å². The molecule has 0 aliphatic rings. The van der Waals surface area contributed by atoms with Crippen molar-refractivity contribution in [2.45, 2.75) is 26.5 Å². The zero-order valence-corrected chi connectivity index (χ0v) is 19.6. The Kier molecular flexibility index (Phi) is 11.2. The predicted octanol–water partition coefficient (Wildman–Crippen LogP) is 3.52. The largest absolute Gasteiger partial charge is 0.492 e. The second-order valence-corrected chi connectivity index (χ2v) is 6.21. The minimum atomic E-state index is -0.195. The topological polar surface area (TPSA) is 85.0 Å². The minimum absolute atomic E-state index is 0. The molecule has 0 saturated carbocycles. The summed E-state index contributed by atoms with van der Waals surface area (Å²) in [5.41, 5.74) is 0. The van der Waals surface area contributed by atoms with Crippen LogP contribution in [-0.4, -0.2) is 54.9 Å². The van der Waals surface area contributed by atoms with Crippen LogP contribution in [0.25, 0.3) is 0 Å². The predicted molar refractivity (Wildman–Crippen MR) is 120 cm³/mol. The molecule has 1 N–H and O–H groups in total. The molecule has 2 aromatic rings. The van der Waals surface area contributed by atoms with Gasteiger partial charge in [0.05, 0.1) is 13.1 Å². The molecular formula is C18H27ClIN5O3. The molecule has 1 aromatic heterocycles. The molecule has 0 bridgehead atoms. The number of likely N-dealkylation sites (N-methyl/N-ethyl adjacent to an activating group) is 1. The summed E-state index contributed by atoms with van der Waals surface area (Å²) in [6.07, 6.45) is -0.195. The van der Waals surface area contributed by atoms with E-state index in [2.05, 4.69) is 20.4 Å². The SMILES string of the molecule is CCOC(C)c1noc(CNC(=NC)N(C)CCOc2ccc(Cl)cc2)n1.I. The molecule has 0 spiro atoms. The van der Waals surface area contributed by atoms with Crippen molar-refractivity contribution in [3.8, 4) is 5.75 Å². The van der Waals surface area contributed by atoms with Crippen molar-refractivity contribution in [2.75, 3.05) is 33.9 Å². The number of benzene rings is 1. The number of nitrogens with one attached hydrogen (secondary N) is 1. The molecule has 8 nitrogen and oxygen atoms in total. The molecule has 156 valence electrons. The molecule has 28 heavy (non-hydrogen) atoms. The third-order valence-electron chi connectivity index (χ3n) is 3.74. The summed E-state index contributed by atoms with van der Waals surface area (Å²) in [6, 6.07) is 7.27. The van der Waals surface area contributed by atoms with Gasteiger partial charge in [0.1, 0.15) is 18.5 Å². The lowest BCUT2D eigenvalue weighted by Gasteiger charge is -2.21. The Labute approximate surface area is 187 Å². The highest BCUT2D eigenvalue weighted by Gasteiger charge is 2.14. The Bertz CT molecular complexity index is 726. The van der Waals surface area contributed by atoms with Gasteiger partial charge >= 0.3 is 0 Å². The Morgan fingerprint density at radius 3 is 2.71 bits per heavy atom. The molecule has 10 heteroatoms. The molecule has 0 saturated heterocycles. The van der Waals surface area contributed by atoms with Gasteiger partial charge < -0.3 is 24.2 Å². The van der Waals surface area contributed by atoms with E-state index in [0.29, 0.717) is 49.0 Å².